The minimum absolute atomic E-state index is 0.128. The van der Waals surface area contributed by atoms with Crippen molar-refractivity contribution >= 4 is 16.9 Å². The van der Waals surface area contributed by atoms with Gasteiger partial charge in [-0.1, -0.05) is 18.2 Å². The van der Waals surface area contributed by atoms with Crippen LogP contribution in [0.5, 0.6) is 11.5 Å². The number of fused-ring (bicyclic) bond motifs is 1. The second-order valence-electron chi connectivity index (χ2n) is 5.59. The summed E-state index contributed by atoms with van der Waals surface area (Å²) < 4.78 is 21.5. The number of aryl methyl sites for hydroxylation is 1. The summed E-state index contributed by atoms with van der Waals surface area (Å²) in [6.45, 7) is 0.128. The largest absolute Gasteiger partial charge is 0.497 e. The van der Waals surface area contributed by atoms with E-state index in [1.165, 1.54) is 0 Å². The van der Waals surface area contributed by atoms with Gasteiger partial charge in [0.05, 0.1) is 14.2 Å². The van der Waals surface area contributed by atoms with Gasteiger partial charge in [-0.25, -0.2) is 0 Å². The van der Waals surface area contributed by atoms with Gasteiger partial charge < -0.3 is 18.6 Å². The zero-order chi connectivity index (χ0) is 17.6. The molecule has 0 unspecified atom stereocenters. The van der Waals surface area contributed by atoms with Crippen molar-refractivity contribution in [2.24, 2.45) is 0 Å². The predicted molar refractivity (Wildman–Crippen MR) is 93.9 cm³/mol. The van der Waals surface area contributed by atoms with Crippen LogP contribution in [0.4, 0.5) is 0 Å². The lowest BCUT2D eigenvalue weighted by Gasteiger charge is -2.10. The molecule has 0 atom stereocenters. The van der Waals surface area contributed by atoms with Gasteiger partial charge in [-0.3, -0.25) is 4.79 Å². The van der Waals surface area contributed by atoms with Crippen LogP contribution in [0.25, 0.3) is 11.0 Å². The molecule has 0 aliphatic carbocycles. The van der Waals surface area contributed by atoms with E-state index in [4.69, 9.17) is 18.6 Å². The number of methoxy groups -OCH3 is 2. The summed E-state index contributed by atoms with van der Waals surface area (Å²) in [7, 11) is 3.21. The van der Waals surface area contributed by atoms with E-state index in [9.17, 15) is 4.79 Å². The summed E-state index contributed by atoms with van der Waals surface area (Å²) in [5.74, 6) is 1.80. The molecule has 0 radical (unpaired) electrons. The Bertz CT molecular complexity index is 832. The summed E-state index contributed by atoms with van der Waals surface area (Å²) in [5.41, 5.74) is 1.69. The Balaban J connectivity index is 1.56. The van der Waals surface area contributed by atoms with Crippen LogP contribution < -0.4 is 9.47 Å². The minimum atomic E-state index is -0.287. The molecule has 0 saturated heterocycles. The van der Waals surface area contributed by atoms with Crippen LogP contribution in [0.3, 0.4) is 0 Å². The highest BCUT2D eigenvalue weighted by atomic mass is 16.5. The number of carbonyl (C=O) groups excluding carboxylic acids is 1. The summed E-state index contributed by atoms with van der Waals surface area (Å²) in [6, 6.07) is 15.1. The molecule has 3 aromatic rings. The van der Waals surface area contributed by atoms with Crippen LogP contribution in [0.2, 0.25) is 0 Å². The monoisotopic (exact) mass is 340 g/mol. The molecular formula is C20H20O5. The maximum atomic E-state index is 12.0. The lowest BCUT2D eigenvalue weighted by atomic mass is 10.1. The van der Waals surface area contributed by atoms with Gasteiger partial charge in [0.1, 0.15) is 29.4 Å². The van der Waals surface area contributed by atoms with Crippen LogP contribution in [-0.2, 0) is 22.6 Å². The molecule has 0 N–H and O–H groups in total. The number of furan rings is 1. The van der Waals surface area contributed by atoms with E-state index in [0.29, 0.717) is 12.2 Å². The Morgan fingerprint density at radius 3 is 2.64 bits per heavy atom. The molecule has 1 heterocycles. The molecule has 0 spiro atoms. The van der Waals surface area contributed by atoms with Crippen molar-refractivity contribution in [3.8, 4) is 11.5 Å². The third kappa shape index (κ3) is 4.12. The number of esters is 1. The van der Waals surface area contributed by atoms with Crippen LogP contribution in [0, 0.1) is 0 Å². The quantitative estimate of drug-likeness (QED) is 0.605. The van der Waals surface area contributed by atoms with Crippen LogP contribution >= 0.6 is 0 Å². The van der Waals surface area contributed by atoms with Gasteiger partial charge in [0.25, 0.3) is 0 Å². The van der Waals surface area contributed by atoms with Crippen LogP contribution in [-0.4, -0.2) is 20.2 Å². The molecule has 1 aromatic heterocycles. The molecule has 5 heteroatoms. The van der Waals surface area contributed by atoms with Crippen molar-refractivity contribution in [1.82, 2.24) is 0 Å². The third-order valence-electron chi connectivity index (χ3n) is 3.94. The highest BCUT2D eigenvalue weighted by Gasteiger charge is 2.11. The van der Waals surface area contributed by atoms with Gasteiger partial charge in [0.15, 0.2) is 0 Å². The molecule has 5 nitrogen and oxygen atoms in total. The first-order valence-electron chi connectivity index (χ1n) is 8.03. The predicted octanol–water partition coefficient (Wildman–Crippen LogP) is 4.13. The summed E-state index contributed by atoms with van der Waals surface area (Å²) in [5, 5.41) is 0.995. The van der Waals surface area contributed by atoms with Crippen LogP contribution in [0.1, 0.15) is 17.7 Å². The average molecular weight is 340 g/mol. The van der Waals surface area contributed by atoms with Crippen molar-refractivity contribution in [2.45, 2.75) is 19.4 Å². The zero-order valence-corrected chi connectivity index (χ0v) is 14.3. The van der Waals surface area contributed by atoms with Crippen molar-refractivity contribution in [3.63, 3.8) is 0 Å². The summed E-state index contributed by atoms with van der Waals surface area (Å²) in [6.07, 6.45) is 0.767. The standard InChI is InChI=1S/C20H20O5/c1-22-16-8-9-18(23-2)15(11-16)7-10-20(21)24-13-17-12-14-5-3-4-6-19(14)25-17/h3-6,8-9,11-12H,7,10,13H2,1-2H3. The second-order valence-corrected chi connectivity index (χ2v) is 5.59. The molecule has 0 aliphatic rings. The van der Waals surface area contributed by atoms with Gasteiger partial charge in [-0.15, -0.1) is 0 Å². The fraction of sp³-hybridized carbons (Fsp3) is 0.250. The third-order valence-corrected chi connectivity index (χ3v) is 3.94. The fourth-order valence-electron chi connectivity index (χ4n) is 2.65. The SMILES string of the molecule is COc1ccc(OC)c(CCC(=O)OCc2cc3ccccc3o2)c1. The number of hydrogen-bond donors (Lipinski definition) is 0. The van der Waals surface area contributed by atoms with Gasteiger partial charge in [-0.2, -0.15) is 0 Å². The molecule has 0 fully saturated rings. The van der Waals surface area contributed by atoms with E-state index in [1.54, 1.807) is 14.2 Å². The van der Waals surface area contributed by atoms with Gasteiger partial charge >= 0.3 is 5.97 Å². The second kappa shape index (κ2) is 7.75. The number of rotatable bonds is 7. The van der Waals surface area contributed by atoms with E-state index in [1.807, 2.05) is 48.5 Å². The number of carbonyl (C=O) groups is 1. The molecule has 0 bridgehead atoms. The molecule has 2 aromatic carbocycles. The maximum Gasteiger partial charge on any atom is 0.306 e. The molecule has 3 rings (SSSR count). The van der Waals surface area contributed by atoms with Gasteiger partial charge in [0.2, 0.25) is 0 Å². The Morgan fingerprint density at radius 2 is 1.88 bits per heavy atom. The molecule has 130 valence electrons. The van der Waals surface area contributed by atoms with Gasteiger partial charge in [0, 0.05) is 11.8 Å². The van der Waals surface area contributed by atoms with E-state index >= 15 is 0 Å². The first-order chi connectivity index (χ1) is 12.2. The van der Waals surface area contributed by atoms with E-state index in [2.05, 4.69) is 0 Å². The van der Waals surface area contributed by atoms with E-state index in [-0.39, 0.29) is 19.0 Å². The highest BCUT2D eigenvalue weighted by molar-refractivity contribution is 5.77. The lowest BCUT2D eigenvalue weighted by Crippen LogP contribution is -2.06. The van der Waals surface area contributed by atoms with Crippen molar-refractivity contribution in [2.75, 3.05) is 14.2 Å². The van der Waals surface area contributed by atoms with E-state index < -0.39 is 0 Å². The highest BCUT2D eigenvalue weighted by Crippen LogP contribution is 2.25. The van der Waals surface area contributed by atoms with E-state index in [0.717, 1.165) is 28.0 Å². The maximum absolute atomic E-state index is 12.0. The number of benzene rings is 2. The summed E-state index contributed by atoms with van der Waals surface area (Å²) >= 11 is 0. The first-order valence-corrected chi connectivity index (χ1v) is 8.03. The molecule has 25 heavy (non-hydrogen) atoms. The molecule has 0 aliphatic heterocycles. The topological polar surface area (TPSA) is 57.9 Å². The first kappa shape index (κ1) is 16.9. The smallest absolute Gasteiger partial charge is 0.306 e. The van der Waals surface area contributed by atoms with Crippen molar-refractivity contribution in [1.29, 1.82) is 0 Å². The van der Waals surface area contributed by atoms with Crippen molar-refractivity contribution < 1.29 is 23.4 Å². The Labute approximate surface area is 146 Å². The molecule has 0 amide bonds. The lowest BCUT2D eigenvalue weighted by molar-refractivity contribution is -0.145. The van der Waals surface area contributed by atoms with Crippen LogP contribution in [0.15, 0.2) is 52.9 Å². The number of ether oxygens (including phenoxy) is 3. The fourth-order valence-corrected chi connectivity index (χ4v) is 2.65. The Kier molecular flexibility index (Phi) is 5.23. The Morgan fingerprint density at radius 1 is 1.04 bits per heavy atom. The summed E-state index contributed by atoms with van der Waals surface area (Å²) in [4.78, 5) is 12.0. The normalized spacial score (nSPS) is 10.6. The molecule has 0 saturated carbocycles. The van der Waals surface area contributed by atoms with Gasteiger partial charge in [-0.05, 0) is 42.3 Å². The minimum Gasteiger partial charge on any atom is -0.497 e. The molecular weight excluding hydrogens is 320 g/mol. The average Bonchev–Trinajstić information content (AvgIpc) is 3.07. The Hall–Kier alpha value is -2.95. The number of hydrogen-bond acceptors (Lipinski definition) is 5. The zero-order valence-electron chi connectivity index (χ0n) is 14.3. The number of para-hydroxylation sites is 1. The van der Waals surface area contributed by atoms with Crippen molar-refractivity contribution in [3.05, 3.63) is 59.9 Å².